The fourth-order valence-corrected chi connectivity index (χ4v) is 1.19. The van der Waals surface area contributed by atoms with Crippen LogP contribution in [0, 0.1) is 6.92 Å². The molecule has 1 aromatic rings. The second kappa shape index (κ2) is 3.40. The highest BCUT2D eigenvalue weighted by Crippen LogP contribution is 2.18. The zero-order valence-corrected chi connectivity index (χ0v) is 7.52. The molecule has 0 amide bonds. The molecule has 1 aromatic heterocycles. The largest absolute Gasteiger partial charge is 0.408 e. The van der Waals surface area contributed by atoms with E-state index in [2.05, 4.69) is 5.10 Å². The van der Waals surface area contributed by atoms with Gasteiger partial charge >= 0.3 is 6.18 Å². The summed E-state index contributed by atoms with van der Waals surface area (Å²) in [7, 11) is 0. The molecule has 2 nitrogen and oxygen atoms in total. The molecule has 0 saturated carbocycles. The van der Waals surface area contributed by atoms with Crippen LogP contribution in [-0.4, -0.2) is 16.0 Å². The van der Waals surface area contributed by atoms with Gasteiger partial charge in [0.25, 0.3) is 0 Å². The van der Waals surface area contributed by atoms with E-state index in [1.165, 1.54) is 0 Å². The molecule has 0 aliphatic rings. The van der Waals surface area contributed by atoms with Gasteiger partial charge in [-0.15, -0.1) is 0 Å². The highest BCUT2D eigenvalue weighted by Gasteiger charge is 2.29. The fraction of sp³-hybridized carbons (Fsp3) is 0.625. The smallest absolute Gasteiger partial charge is 0.260 e. The molecule has 1 rings (SSSR count). The van der Waals surface area contributed by atoms with Crippen molar-refractivity contribution in [2.24, 2.45) is 0 Å². The number of hydrogen-bond donors (Lipinski definition) is 0. The molecule has 0 aromatic carbocycles. The predicted molar refractivity (Wildman–Crippen MR) is 42.4 cm³/mol. The number of aromatic nitrogens is 2. The zero-order valence-electron chi connectivity index (χ0n) is 7.52. The molecule has 0 bridgehead atoms. The van der Waals surface area contributed by atoms with Crippen molar-refractivity contribution in [3.8, 4) is 0 Å². The van der Waals surface area contributed by atoms with E-state index in [-0.39, 0.29) is 0 Å². The van der Waals surface area contributed by atoms with E-state index in [0.29, 0.717) is 17.8 Å². The van der Waals surface area contributed by atoms with Crippen molar-refractivity contribution >= 4 is 0 Å². The molecule has 0 aliphatic heterocycles. The molecule has 0 N–H and O–H groups in total. The maximum Gasteiger partial charge on any atom is 0.408 e. The Morgan fingerprint density at radius 1 is 1.46 bits per heavy atom. The molecule has 0 atom stereocenters. The van der Waals surface area contributed by atoms with Crippen LogP contribution in [-0.2, 0) is 13.0 Å². The van der Waals surface area contributed by atoms with Crippen LogP contribution in [0.3, 0.4) is 0 Å². The molecular weight excluding hydrogens is 181 g/mol. The van der Waals surface area contributed by atoms with Gasteiger partial charge in [0, 0.05) is 5.69 Å². The van der Waals surface area contributed by atoms with E-state index in [1.807, 2.05) is 6.92 Å². The van der Waals surface area contributed by atoms with Crippen LogP contribution in [0.25, 0.3) is 0 Å². The number of aryl methyl sites for hydroxylation is 2. The molecule has 0 aliphatic carbocycles. The molecule has 0 radical (unpaired) electrons. The van der Waals surface area contributed by atoms with Gasteiger partial charge in [-0.05, 0) is 19.4 Å². The third-order valence-corrected chi connectivity index (χ3v) is 1.68. The molecule has 0 spiro atoms. The summed E-state index contributed by atoms with van der Waals surface area (Å²) in [5.41, 5.74) is 1.25. The van der Waals surface area contributed by atoms with Crippen LogP contribution in [0.2, 0.25) is 0 Å². The first-order valence-corrected chi connectivity index (χ1v) is 4.02. The van der Waals surface area contributed by atoms with Gasteiger partial charge in [0.05, 0.1) is 5.69 Å². The first-order chi connectivity index (χ1) is 5.92. The van der Waals surface area contributed by atoms with E-state index in [0.717, 1.165) is 4.68 Å². The summed E-state index contributed by atoms with van der Waals surface area (Å²) < 4.78 is 37.0. The van der Waals surface area contributed by atoms with Gasteiger partial charge in [-0.3, -0.25) is 4.68 Å². The topological polar surface area (TPSA) is 17.8 Å². The van der Waals surface area contributed by atoms with Gasteiger partial charge in [0.15, 0.2) is 0 Å². The number of nitrogens with zero attached hydrogens (tertiary/aromatic N) is 2. The van der Waals surface area contributed by atoms with E-state index in [1.54, 1.807) is 13.0 Å². The summed E-state index contributed by atoms with van der Waals surface area (Å²) in [5.74, 6) is 0. The summed E-state index contributed by atoms with van der Waals surface area (Å²) in [4.78, 5) is 0. The van der Waals surface area contributed by atoms with E-state index in [4.69, 9.17) is 0 Å². The average molecular weight is 192 g/mol. The number of halogens is 3. The molecule has 74 valence electrons. The average Bonchev–Trinajstić information content (AvgIpc) is 2.27. The Morgan fingerprint density at radius 2 is 2.08 bits per heavy atom. The Hall–Kier alpha value is -1.00. The Labute approximate surface area is 74.4 Å². The van der Waals surface area contributed by atoms with Crippen LogP contribution in [0.15, 0.2) is 6.07 Å². The molecule has 1 heterocycles. The highest BCUT2D eigenvalue weighted by molar-refractivity contribution is 5.08. The van der Waals surface area contributed by atoms with Crippen LogP contribution in [0.1, 0.15) is 18.3 Å². The van der Waals surface area contributed by atoms with Gasteiger partial charge in [-0.25, -0.2) is 0 Å². The Kier molecular flexibility index (Phi) is 2.63. The van der Waals surface area contributed by atoms with Gasteiger partial charge in [-0.2, -0.15) is 18.3 Å². The third kappa shape index (κ3) is 2.75. The monoisotopic (exact) mass is 192 g/mol. The molecule has 0 fully saturated rings. The van der Waals surface area contributed by atoms with E-state index < -0.39 is 12.7 Å². The van der Waals surface area contributed by atoms with Crippen LogP contribution in [0.4, 0.5) is 13.2 Å². The second-order valence-electron chi connectivity index (χ2n) is 2.90. The Balaban J connectivity index is 2.87. The van der Waals surface area contributed by atoms with Crippen molar-refractivity contribution in [1.29, 1.82) is 0 Å². The van der Waals surface area contributed by atoms with Crippen LogP contribution in [0.5, 0.6) is 0 Å². The quantitative estimate of drug-likeness (QED) is 0.703. The van der Waals surface area contributed by atoms with E-state index >= 15 is 0 Å². The molecular formula is C8H11F3N2. The number of alkyl halides is 3. The minimum Gasteiger partial charge on any atom is -0.260 e. The molecule has 5 heteroatoms. The van der Waals surface area contributed by atoms with Crippen LogP contribution >= 0.6 is 0 Å². The summed E-state index contributed by atoms with van der Waals surface area (Å²) in [6, 6.07) is 1.67. The summed E-state index contributed by atoms with van der Waals surface area (Å²) in [6.45, 7) is 2.50. The van der Waals surface area contributed by atoms with Crippen molar-refractivity contribution in [2.45, 2.75) is 33.0 Å². The minimum absolute atomic E-state index is 0.566. The highest BCUT2D eigenvalue weighted by atomic mass is 19.4. The first-order valence-electron chi connectivity index (χ1n) is 4.02. The number of hydrogen-bond acceptors (Lipinski definition) is 1. The van der Waals surface area contributed by atoms with Gasteiger partial charge in [-0.1, -0.05) is 6.92 Å². The lowest BCUT2D eigenvalue weighted by molar-refractivity contribution is -0.143. The maximum absolute atomic E-state index is 12.0. The predicted octanol–water partition coefficient (Wildman–Crippen LogP) is 2.32. The Bertz CT molecular complexity index is 288. The second-order valence-corrected chi connectivity index (χ2v) is 2.90. The first kappa shape index (κ1) is 10.1. The van der Waals surface area contributed by atoms with Crippen molar-refractivity contribution in [2.75, 3.05) is 0 Å². The van der Waals surface area contributed by atoms with Crippen LogP contribution < -0.4 is 0 Å². The van der Waals surface area contributed by atoms with Gasteiger partial charge in [0.2, 0.25) is 0 Å². The van der Waals surface area contributed by atoms with Gasteiger partial charge in [0.1, 0.15) is 6.54 Å². The molecule has 13 heavy (non-hydrogen) atoms. The fourth-order valence-electron chi connectivity index (χ4n) is 1.19. The molecule has 0 saturated heterocycles. The lowest BCUT2D eigenvalue weighted by atomic mass is 10.3. The standard InChI is InChI=1S/C8H11F3N2/c1-3-7-4-6(2)12-13(7)5-8(9,10)11/h4H,3,5H2,1-2H3. The SMILES string of the molecule is CCc1cc(C)nn1CC(F)(F)F. The zero-order chi connectivity index (χ0) is 10.1. The summed E-state index contributed by atoms with van der Waals surface area (Å²) >= 11 is 0. The normalized spacial score (nSPS) is 12.1. The number of rotatable bonds is 2. The van der Waals surface area contributed by atoms with Crippen molar-refractivity contribution in [1.82, 2.24) is 9.78 Å². The molecule has 0 unspecified atom stereocenters. The minimum atomic E-state index is -4.19. The van der Waals surface area contributed by atoms with Gasteiger partial charge < -0.3 is 0 Å². The Morgan fingerprint density at radius 3 is 2.54 bits per heavy atom. The van der Waals surface area contributed by atoms with Crippen molar-refractivity contribution < 1.29 is 13.2 Å². The lowest BCUT2D eigenvalue weighted by Crippen LogP contribution is -2.20. The lowest BCUT2D eigenvalue weighted by Gasteiger charge is -2.08. The third-order valence-electron chi connectivity index (χ3n) is 1.68. The van der Waals surface area contributed by atoms with E-state index in [9.17, 15) is 13.2 Å². The summed E-state index contributed by atoms with van der Waals surface area (Å²) in [5, 5.41) is 3.76. The maximum atomic E-state index is 12.0. The van der Waals surface area contributed by atoms with Crippen molar-refractivity contribution in [3.05, 3.63) is 17.5 Å². The summed E-state index contributed by atoms with van der Waals surface area (Å²) in [6.07, 6.45) is -3.63. The van der Waals surface area contributed by atoms with Crippen molar-refractivity contribution in [3.63, 3.8) is 0 Å².